The lowest BCUT2D eigenvalue weighted by Gasteiger charge is -1.96. The fourth-order valence-electron chi connectivity index (χ4n) is 1.49. The van der Waals surface area contributed by atoms with E-state index < -0.39 is 0 Å². The third-order valence-electron chi connectivity index (χ3n) is 2.13. The summed E-state index contributed by atoms with van der Waals surface area (Å²) in [5, 5.41) is 3.58. The lowest BCUT2D eigenvalue weighted by atomic mass is 10.2. The highest BCUT2D eigenvalue weighted by Gasteiger charge is 2.09. The zero-order valence-electron chi connectivity index (χ0n) is 7.60. The number of nitroso groups, excluding NO2 is 1. The highest BCUT2D eigenvalue weighted by atomic mass is 16.3. The van der Waals surface area contributed by atoms with Crippen molar-refractivity contribution in [3.8, 4) is 0 Å². The van der Waals surface area contributed by atoms with E-state index >= 15 is 0 Å². The molecule has 0 radical (unpaired) electrons. The van der Waals surface area contributed by atoms with Crippen LogP contribution in [-0.2, 0) is 0 Å². The SMILES string of the molecule is CC(=O)n1cc(N=O)c2ccccc21. The summed E-state index contributed by atoms with van der Waals surface area (Å²) in [5.74, 6) is -0.129. The Bertz CT molecular complexity index is 514. The molecule has 4 nitrogen and oxygen atoms in total. The zero-order chi connectivity index (χ0) is 10.1. The van der Waals surface area contributed by atoms with Crippen molar-refractivity contribution in [2.75, 3.05) is 0 Å². The van der Waals surface area contributed by atoms with Crippen molar-refractivity contribution in [2.24, 2.45) is 5.18 Å². The van der Waals surface area contributed by atoms with Crippen LogP contribution in [0.15, 0.2) is 35.6 Å². The average Bonchev–Trinajstić information content (AvgIpc) is 2.56. The van der Waals surface area contributed by atoms with Gasteiger partial charge in [-0.3, -0.25) is 9.36 Å². The van der Waals surface area contributed by atoms with Crippen LogP contribution in [0.5, 0.6) is 0 Å². The monoisotopic (exact) mass is 188 g/mol. The van der Waals surface area contributed by atoms with Crippen molar-refractivity contribution in [3.05, 3.63) is 35.4 Å². The third kappa shape index (κ3) is 1.12. The molecule has 0 aliphatic carbocycles. The smallest absolute Gasteiger partial charge is 0.228 e. The van der Waals surface area contributed by atoms with Crippen molar-refractivity contribution in [2.45, 2.75) is 6.92 Å². The first-order chi connectivity index (χ1) is 6.74. The molecular formula is C10H8N2O2. The third-order valence-corrected chi connectivity index (χ3v) is 2.13. The van der Waals surface area contributed by atoms with Gasteiger partial charge < -0.3 is 0 Å². The molecule has 70 valence electrons. The Labute approximate surface area is 80.1 Å². The fourth-order valence-corrected chi connectivity index (χ4v) is 1.49. The number of hydrogen-bond acceptors (Lipinski definition) is 3. The van der Waals surface area contributed by atoms with Gasteiger partial charge in [0.15, 0.2) is 0 Å². The lowest BCUT2D eigenvalue weighted by Crippen LogP contribution is -2.02. The lowest BCUT2D eigenvalue weighted by molar-refractivity contribution is 0.0942. The van der Waals surface area contributed by atoms with Gasteiger partial charge in [0.2, 0.25) is 5.91 Å². The van der Waals surface area contributed by atoms with Gasteiger partial charge in [0.05, 0.1) is 5.52 Å². The van der Waals surface area contributed by atoms with Crippen molar-refractivity contribution < 1.29 is 4.79 Å². The van der Waals surface area contributed by atoms with Gasteiger partial charge in [0, 0.05) is 18.5 Å². The summed E-state index contributed by atoms with van der Waals surface area (Å²) in [6.45, 7) is 1.45. The van der Waals surface area contributed by atoms with Gasteiger partial charge in [0.25, 0.3) is 0 Å². The molecule has 4 heteroatoms. The molecule has 0 fully saturated rings. The molecule has 1 aromatic carbocycles. The molecule has 14 heavy (non-hydrogen) atoms. The second-order valence-electron chi connectivity index (χ2n) is 3.01. The van der Waals surface area contributed by atoms with Gasteiger partial charge in [0.1, 0.15) is 5.69 Å². The first-order valence-corrected chi connectivity index (χ1v) is 4.18. The summed E-state index contributed by atoms with van der Waals surface area (Å²) < 4.78 is 1.42. The molecule has 1 heterocycles. The Hall–Kier alpha value is -1.97. The second-order valence-corrected chi connectivity index (χ2v) is 3.01. The van der Waals surface area contributed by atoms with E-state index in [1.54, 1.807) is 12.1 Å². The maximum Gasteiger partial charge on any atom is 0.228 e. The van der Waals surface area contributed by atoms with E-state index in [1.807, 2.05) is 12.1 Å². The molecule has 0 N–H and O–H groups in total. The Kier molecular flexibility index (Phi) is 1.89. The Morgan fingerprint density at radius 2 is 2.07 bits per heavy atom. The summed E-state index contributed by atoms with van der Waals surface area (Å²) in [4.78, 5) is 21.7. The second kappa shape index (κ2) is 3.06. The summed E-state index contributed by atoms with van der Waals surface area (Å²) >= 11 is 0. The predicted molar refractivity (Wildman–Crippen MR) is 53.7 cm³/mol. The number of nitrogens with zero attached hydrogens (tertiary/aromatic N) is 2. The number of benzene rings is 1. The molecular weight excluding hydrogens is 180 g/mol. The van der Waals surface area contributed by atoms with Crippen molar-refractivity contribution in [1.82, 2.24) is 4.57 Å². The molecule has 0 saturated heterocycles. The van der Waals surface area contributed by atoms with E-state index in [0.717, 1.165) is 5.52 Å². The Balaban J connectivity index is 2.86. The summed E-state index contributed by atoms with van der Waals surface area (Å²) in [6.07, 6.45) is 1.46. The van der Waals surface area contributed by atoms with Crippen LogP contribution in [0.1, 0.15) is 11.7 Å². The molecule has 0 saturated carbocycles. The number of aromatic nitrogens is 1. The minimum absolute atomic E-state index is 0.129. The number of rotatable bonds is 1. The molecule has 2 aromatic rings. The topological polar surface area (TPSA) is 51.4 Å². The van der Waals surface area contributed by atoms with E-state index in [-0.39, 0.29) is 5.91 Å². The highest BCUT2D eigenvalue weighted by Crippen LogP contribution is 2.27. The quantitative estimate of drug-likeness (QED) is 0.646. The van der Waals surface area contributed by atoms with Crippen molar-refractivity contribution >= 4 is 22.5 Å². The molecule has 0 amide bonds. The highest BCUT2D eigenvalue weighted by molar-refractivity contribution is 5.98. The summed E-state index contributed by atoms with van der Waals surface area (Å²) in [7, 11) is 0. The van der Waals surface area contributed by atoms with Crippen molar-refractivity contribution in [3.63, 3.8) is 0 Å². The van der Waals surface area contributed by atoms with Crippen LogP contribution in [0.3, 0.4) is 0 Å². The maximum atomic E-state index is 11.2. The van der Waals surface area contributed by atoms with Gasteiger partial charge in [-0.1, -0.05) is 18.2 Å². The molecule has 0 aliphatic heterocycles. The minimum Gasteiger partial charge on any atom is -0.285 e. The molecule has 2 rings (SSSR count). The van der Waals surface area contributed by atoms with Crippen LogP contribution in [0.2, 0.25) is 0 Å². The molecule has 0 aliphatic rings. The van der Waals surface area contributed by atoms with E-state index in [0.29, 0.717) is 11.1 Å². The molecule has 1 aromatic heterocycles. The average molecular weight is 188 g/mol. The van der Waals surface area contributed by atoms with E-state index in [2.05, 4.69) is 5.18 Å². The van der Waals surface area contributed by atoms with Crippen molar-refractivity contribution in [1.29, 1.82) is 0 Å². The molecule has 0 bridgehead atoms. The molecule has 0 unspecified atom stereocenters. The van der Waals surface area contributed by atoms with E-state index in [9.17, 15) is 9.70 Å². The van der Waals surface area contributed by atoms with E-state index in [4.69, 9.17) is 0 Å². The maximum absolute atomic E-state index is 11.2. The fraction of sp³-hybridized carbons (Fsp3) is 0.100. The first kappa shape index (κ1) is 8.62. The Morgan fingerprint density at radius 1 is 1.36 bits per heavy atom. The number of hydrogen-bond donors (Lipinski definition) is 0. The number of carbonyl (C=O) groups excluding carboxylic acids is 1. The number of carbonyl (C=O) groups is 1. The van der Waals surface area contributed by atoms with Gasteiger partial charge in [-0.15, -0.1) is 4.91 Å². The van der Waals surface area contributed by atoms with Crippen LogP contribution in [0.25, 0.3) is 10.9 Å². The molecule has 0 atom stereocenters. The van der Waals surface area contributed by atoms with Crippen LogP contribution >= 0.6 is 0 Å². The van der Waals surface area contributed by atoms with E-state index in [1.165, 1.54) is 17.7 Å². The van der Waals surface area contributed by atoms with Crippen LogP contribution in [0, 0.1) is 4.91 Å². The Morgan fingerprint density at radius 3 is 2.71 bits per heavy atom. The van der Waals surface area contributed by atoms with Crippen LogP contribution < -0.4 is 0 Å². The minimum atomic E-state index is -0.129. The van der Waals surface area contributed by atoms with Gasteiger partial charge in [-0.05, 0) is 11.2 Å². The molecule has 0 spiro atoms. The number of para-hydroxylation sites is 1. The van der Waals surface area contributed by atoms with Gasteiger partial charge in [-0.25, -0.2) is 0 Å². The summed E-state index contributed by atoms with van der Waals surface area (Å²) in [6, 6.07) is 7.18. The first-order valence-electron chi connectivity index (χ1n) is 4.18. The largest absolute Gasteiger partial charge is 0.285 e. The van der Waals surface area contributed by atoms with Gasteiger partial charge in [-0.2, -0.15) is 0 Å². The number of fused-ring (bicyclic) bond motifs is 1. The predicted octanol–water partition coefficient (Wildman–Crippen LogP) is 2.70. The normalized spacial score (nSPS) is 10.4. The van der Waals surface area contributed by atoms with Gasteiger partial charge >= 0.3 is 0 Å². The zero-order valence-corrected chi connectivity index (χ0v) is 7.60. The van der Waals surface area contributed by atoms with Crippen LogP contribution in [0.4, 0.5) is 5.69 Å². The standard InChI is InChI=1S/C10H8N2O2/c1-7(13)12-6-9(11-14)8-4-2-3-5-10(8)12/h2-6H,1H3. The summed E-state index contributed by atoms with van der Waals surface area (Å²) in [5.41, 5.74) is 1.02. The van der Waals surface area contributed by atoms with Crippen LogP contribution in [-0.4, -0.2) is 10.5 Å².